The lowest BCUT2D eigenvalue weighted by molar-refractivity contribution is 0.149. The second-order valence-corrected chi connectivity index (χ2v) is 2.41. The van der Waals surface area contributed by atoms with Crippen LogP contribution in [0.2, 0.25) is 0 Å². The van der Waals surface area contributed by atoms with E-state index in [1.165, 1.54) is 0 Å². The fraction of sp³-hybridized carbons (Fsp3) is 0.571. The van der Waals surface area contributed by atoms with Gasteiger partial charge in [-0.1, -0.05) is 0 Å². The van der Waals surface area contributed by atoms with Crippen LogP contribution in [0.5, 0.6) is 0 Å². The first kappa shape index (κ1) is 9.66. The van der Waals surface area contributed by atoms with Crippen molar-refractivity contribution in [2.45, 2.75) is 13.3 Å². The molecule has 0 atom stereocenters. The van der Waals surface area contributed by atoms with Crippen molar-refractivity contribution in [1.82, 2.24) is 15.0 Å². The van der Waals surface area contributed by atoms with E-state index in [0.717, 1.165) is 0 Å². The molecule has 0 aliphatic rings. The van der Waals surface area contributed by atoms with Gasteiger partial charge in [0.05, 0.1) is 6.61 Å². The zero-order valence-electron chi connectivity index (χ0n) is 7.53. The van der Waals surface area contributed by atoms with Crippen LogP contribution in [-0.2, 0) is 11.2 Å². The fourth-order valence-electron chi connectivity index (χ4n) is 0.876. The first-order valence-corrected chi connectivity index (χ1v) is 4.06. The van der Waals surface area contributed by atoms with Gasteiger partial charge in [0.15, 0.2) is 0 Å². The van der Waals surface area contributed by atoms with Gasteiger partial charge in [0.2, 0.25) is 11.9 Å². The summed E-state index contributed by atoms with van der Waals surface area (Å²) in [5.41, 5.74) is 10.8. The normalized spacial score (nSPS) is 10.2. The number of nitrogen functional groups attached to an aromatic ring is 2. The third-order valence-corrected chi connectivity index (χ3v) is 1.39. The van der Waals surface area contributed by atoms with Gasteiger partial charge in [-0.15, -0.1) is 0 Å². The maximum absolute atomic E-state index is 5.38. The van der Waals surface area contributed by atoms with Gasteiger partial charge >= 0.3 is 0 Å². The predicted molar refractivity (Wildman–Crippen MR) is 48.8 cm³/mol. The Morgan fingerprint density at radius 2 is 1.77 bits per heavy atom. The van der Waals surface area contributed by atoms with Crippen molar-refractivity contribution in [2.24, 2.45) is 0 Å². The van der Waals surface area contributed by atoms with E-state index in [2.05, 4.69) is 15.0 Å². The van der Waals surface area contributed by atoms with Crippen molar-refractivity contribution in [3.05, 3.63) is 5.82 Å². The number of anilines is 2. The molecule has 1 heterocycles. The molecule has 0 amide bonds. The van der Waals surface area contributed by atoms with E-state index in [0.29, 0.717) is 25.5 Å². The highest BCUT2D eigenvalue weighted by molar-refractivity contribution is 5.25. The Morgan fingerprint density at radius 3 is 2.31 bits per heavy atom. The van der Waals surface area contributed by atoms with Crippen LogP contribution in [-0.4, -0.2) is 28.2 Å². The number of nitrogens with two attached hydrogens (primary N) is 2. The number of hydrogen-bond donors (Lipinski definition) is 2. The standard InChI is InChI=1S/C7H13N5O/c1-2-13-4-3-5-10-6(8)12-7(9)11-5/h2-4H2,1H3,(H4,8,9,10,11,12). The molecule has 0 bridgehead atoms. The molecular formula is C7H13N5O. The Bertz CT molecular complexity index is 257. The lowest BCUT2D eigenvalue weighted by atomic mass is 10.4. The Labute approximate surface area is 76.3 Å². The molecule has 72 valence electrons. The summed E-state index contributed by atoms with van der Waals surface area (Å²) in [6, 6.07) is 0. The molecule has 0 aliphatic carbocycles. The van der Waals surface area contributed by atoms with Crippen LogP contribution < -0.4 is 11.5 Å². The molecule has 0 saturated heterocycles. The third kappa shape index (κ3) is 3.20. The lowest BCUT2D eigenvalue weighted by Gasteiger charge is -2.01. The van der Waals surface area contributed by atoms with Gasteiger partial charge in [0, 0.05) is 13.0 Å². The molecule has 6 heteroatoms. The highest BCUT2D eigenvalue weighted by Gasteiger charge is 2.00. The molecule has 0 saturated carbocycles. The second kappa shape index (κ2) is 4.56. The summed E-state index contributed by atoms with van der Waals surface area (Å²) in [5, 5.41) is 0. The molecule has 0 unspecified atom stereocenters. The highest BCUT2D eigenvalue weighted by Crippen LogP contribution is 1.99. The van der Waals surface area contributed by atoms with Crippen molar-refractivity contribution >= 4 is 11.9 Å². The topological polar surface area (TPSA) is 99.9 Å². The smallest absolute Gasteiger partial charge is 0.225 e. The van der Waals surface area contributed by atoms with Crippen LogP contribution in [0.3, 0.4) is 0 Å². The van der Waals surface area contributed by atoms with E-state index in [1.54, 1.807) is 0 Å². The number of hydrogen-bond acceptors (Lipinski definition) is 6. The van der Waals surface area contributed by atoms with E-state index in [-0.39, 0.29) is 11.9 Å². The van der Waals surface area contributed by atoms with E-state index >= 15 is 0 Å². The summed E-state index contributed by atoms with van der Waals surface area (Å²) in [6.45, 7) is 3.17. The Kier molecular flexibility index (Phi) is 3.39. The molecule has 1 rings (SSSR count). The van der Waals surface area contributed by atoms with Crippen LogP contribution >= 0.6 is 0 Å². The molecule has 0 fully saturated rings. The van der Waals surface area contributed by atoms with Crippen molar-refractivity contribution in [3.63, 3.8) is 0 Å². The predicted octanol–water partition coefficient (Wildman–Crippen LogP) is -0.385. The van der Waals surface area contributed by atoms with Gasteiger partial charge in [-0.3, -0.25) is 0 Å². The molecule has 0 spiro atoms. The SMILES string of the molecule is CCOCCc1nc(N)nc(N)n1. The van der Waals surface area contributed by atoms with Gasteiger partial charge in [0.25, 0.3) is 0 Å². The van der Waals surface area contributed by atoms with Crippen LogP contribution in [0.25, 0.3) is 0 Å². The molecule has 1 aromatic rings. The largest absolute Gasteiger partial charge is 0.381 e. The molecule has 4 N–H and O–H groups in total. The molecule has 0 aliphatic heterocycles. The van der Waals surface area contributed by atoms with Crippen molar-refractivity contribution in [3.8, 4) is 0 Å². The number of rotatable bonds is 4. The fourth-order valence-corrected chi connectivity index (χ4v) is 0.876. The minimum Gasteiger partial charge on any atom is -0.381 e. The summed E-state index contributed by atoms with van der Waals surface area (Å²) in [4.78, 5) is 11.5. The average Bonchev–Trinajstić information content (AvgIpc) is 2.03. The molecule has 0 aromatic carbocycles. The summed E-state index contributed by atoms with van der Waals surface area (Å²) in [5.74, 6) is 0.872. The number of nitrogens with zero attached hydrogens (tertiary/aromatic N) is 3. The van der Waals surface area contributed by atoms with Gasteiger partial charge in [-0.05, 0) is 6.92 Å². The van der Waals surface area contributed by atoms with Gasteiger partial charge in [-0.25, -0.2) is 0 Å². The van der Waals surface area contributed by atoms with Gasteiger partial charge in [-0.2, -0.15) is 15.0 Å². The minimum atomic E-state index is 0.152. The minimum absolute atomic E-state index is 0.152. The number of ether oxygens (including phenoxy) is 1. The van der Waals surface area contributed by atoms with Gasteiger partial charge in [0.1, 0.15) is 5.82 Å². The Balaban J connectivity index is 2.56. The van der Waals surface area contributed by atoms with Crippen molar-refractivity contribution in [2.75, 3.05) is 24.7 Å². The molecule has 6 nitrogen and oxygen atoms in total. The van der Waals surface area contributed by atoms with Crippen molar-refractivity contribution in [1.29, 1.82) is 0 Å². The molecule has 0 radical (unpaired) electrons. The maximum Gasteiger partial charge on any atom is 0.225 e. The molecule has 13 heavy (non-hydrogen) atoms. The highest BCUT2D eigenvalue weighted by atomic mass is 16.5. The monoisotopic (exact) mass is 183 g/mol. The van der Waals surface area contributed by atoms with Crippen LogP contribution in [0.1, 0.15) is 12.7 Å². The first-order chi connectivity index (χ1) is 6.22. The van der Waals surface area contributed by atoms with E-state index < -0.39 is 0 Å². The van der Waals surface area contributed by atoms with Crippen molar-refractivity contribution < 1.29 is 4.74 Å². The molecule has 1 aromatic heterocycles. The zero-order chi connectivity index (χ0) is 9.68. The first-order valence-electron chi connectivity index (χ1n) is 4.06. The zero-order valence-corrected chi connectivity index (χ0v) is 7.53. The Hall–Kier alpha value is -1.43. The van der Waals surface area contributed by atoms with Crippen LogP contribution in [0.4, 0.5) is 11.9 Å². The summed E-state index contributed by atoms with van der Waals surface area (Å²) in [7, 11) is 0. The van der Waals surface area contributed by atoms with Crippen LogP contribution in [0, 0.1) is 0 Å². The van der Waals surface area contributed by atoms with Crippen LogP contribution in [0.15, 0.2) is 0 Å². The van der Waals surface area contributed by atoms with E-state index in [1.807, 2.05) is 6.92 Å². The van der Waals surface area contributed by atoms with Gasteiger partial charge < -0.3 is 16.2 Å². The summed E-state index contributed by atoms with van der Waals surface area (Å²) >= 11 is 0. The second-order valence-electron chi connectivity index (χ2n) is 2.41. The Morgan fingerprint density at radius 1 is 1.15 bits per heavy atom. The van der Waals surface area contributed by atoms with E-state index in [4.69, 9.17) is 16.2 Å². The number of aromatic nitrogens is 3. The third-order valence-electron chi connectivity index (χ3n) is 1.39. The lowest BCUT2D eigenvalue weighted by Crippen LogP contribution is -2.09. The van der Waals surface area contributed by atoms with E-state index in [9.17, 15) is 0 Å². The average molecular weight is 183 g/mol. The summed E-state index contributed by atoms with van der Waals surface area (Å²) < 4.78 is 5.14. The quantitative estimate of drug-likeness (QED) is 0.617. The molecular weight excluding hydrogens is 170 g/mol. The summed E-state index contributed by atoms with van der Waals surface area (Å²) in [6.07, 6.45) is 0.602. The maximum atomic E-state index is 5.38.